The van der Waals surface area contributed by atoms with Crippen LogP contribution in [0.25, 0.3) is 11.1 Å². The first-order valence-corrected chi connectivity index (χ1v) is 8.45. The molecule has 0 aromatic heterocycles. The van der Waals surface area contributed by atoms with Crippen molar-refractivity contribution in [3.8, 4) is 11.1 Å². The van der Waals surface area contributed by atoms with Crippen molar-refractivity contribution >= 4 is 22.8 Å². The highest BCUT2D eigenvalue weighted by molar-refractivity contribution is 7.82. The second-order valence-corrected chi connectivity index (χ2v) is 6.40. The molecule has 0 radical (unpaired) electrons. The van der Waals surface area contributed by atoms with Crippen LogP contribution in [-0.4, -0.2) is 29.5 Å². The van der Waals surface area contributed by atoms with E-state index in [0.29, 0.717) is 28.3 Å². The Bertz CT molecular complexity index is 798. The molecule has 24 heavy (non-hydrogen) atoms. The summed E-state index contributed by atoms with van der Waals surface area (Å²) in [6.45, 7) is 0.517. The third-order valence-corrected chi connectivity index (χ3v) is 4.54. The predicted molar refractivity (Wildman–Crippen MR) is 89.1 cm³/mol. The summed E-state index contributed by atoms with van der Waals surface area (Å²) in [6.07, 6.45) is -0.919. The lowest BCUT2D eigenvalue weighted by atomic mass is 10.0. The molecule has 1 saturated heterocycles. The van der Waals surface area contributed by atoms with Crippen LogP contribution in [0.1, 0.15) is 0 Å². The summed E-state index contributed by atoms with van der Waals surface area (Å²) in [7, 11) is -1.57. The SMILES string of the molecule is NC[C@H]1CN(c2ccc(-c3ccc(S(N)=O)cc3)c(F)c2)C(=O)O1. The van der Waals surface area contributed by atoms with Crippen LogP contribution in [0.3, 0.4) is 0 Å². The van der Waals surface area contributed by atoms with Crippen LogP contribution in [-0.2, 0) is 15.7 Å². The van der Waals surface area contributed by atoms with Gasteiger partial charge in [-0.15, -0.1) is 0 Å². The van der Waals surface area contributed by atoms with Crippen molar-refractivity contribution in [2.75, 3.05) is 18.0 Å². The van der Waals surface area contributed by atoms with Gasteiger partial charge in [0.25, 0.3) is 0 Å². The van der Waals surface area contributed by atoms with Crippen molar-refractivity contribution in [2.45, 2.75) is 11.0 Å². The molecule has 1 amide bonds. The number of nitrogens with zero attached hydrogens (tertiary/aromatic N) is 1. The van der Waals surface area contributed by atoms with E-state index < -0.39 is 22.9 Å². The van der Waals surface area contributed by atoms with Gasteiger partial charge in [-0.3, -0.25) is 4.90 Å². The highest BCUT2D eigenvalue weighted by Gasteiger charge is 2.31. The van der Waals surface area contributed by atoms with Crippen molar-refractivity contribution < 1.29 is 18.1 Å². The monoisotopic (exact) mass is 349 g/mol. The normalized spacial score (nSPS) is 18.5. The Morgan fingerprint density at radius 3 is 2.50 bits per heavy atom. The number of cyclic esters (lactones) is 1. The molecule has 8 heteroatoms. The second-order valence-electron chi connectivity index (χ2n) is 5.34. The summed E-state index contributed by atoms with van der Waals surface area (Å²) in [4.78, 5) is 13.6. The van der Waals surface area contributed by atoms with Crippen LogP contribution in [0.2, 0.25) is 0 Å². The van der Waals surface area contributed by atoms with Gasteiger partial charge in [0.2, 0.25) is 0 Å². The molecule has 126 valence electrons. The number of benzene rings is 2. The zero-order valence-electron chi connectivity index (χ0n) is 12.6. The maximum atomic E-state index is 14.5. The van der Waals surface area contributed by atoms with E-state index in [2.05, 4.69) is 0 Å². The van der Waals surface area contributed by atoms with Crippen LogP contribution in [0, 0.1) is 5.82 Å². The van der Waals surface area contributed by atoms with Crippen LogP contribution in [0.15, 0.2) is 47.4 Å². The topological polar surface area (TPSA) is 98.6 Å². The van der Waals surface area contributed by atoms with Gasteiger partial charge >= 0.3 is 6.09 Å². The minimum absolute atomic E-state index is 0.220. The summed E-state index contributed by atoms with van der Waals surface area (Å²) < 4.78 is 30.7. The van der Waals surface area contributed by atoms with Crippen molar-refractivity contribution in [1.29, 1.82) is 0 Å². The van der Waals surface area contributed by atoms with Gasteiger partial charge in [0, 0.05) is 12.1 Å². The summed E-state index contributed by atoms with van der Waals surface area (Å²) in [5, 5.41) is 5.30. The number of anilines is 1. The third-order valence-electron chi connectivity index (χ3n) is 3.80. The lowest BCUT2D eigenvalue weighted by Gasteiger charge is -2.14. The molecule has 2 atom stereocenters. The highest BCUT2D eigenvalue weighted by atomic mass is 32.2. The lowest BCUT2D eigenvalue weighted by Crippen LogP contribution is -2.27. The molecule has 1 aliphatic heterocycles. The second kappa shape index (κ2) is 6.68. The van der Waals surface area contributed by atoms with Crippen molar-refractivity contribution in [1.82, 2.24) is 0 Å². The Balaban J connectivity index is 1.87. The van der Waals surface area contributed by atoms with E-state index in [4.69, 9.17) is 15.6 Å². The molecule has 0 spiro atoms. The molecule has 0 bridgehead atoms. The standard InChI is InChI=1S/C16H16FN3O3S/c17-15-7-11(20-9-12(8-18)23-16(20)21)3-6-14(15)10-1-4-13(5-2-10)24(19)22/h1-7,12H,8-9,18-19H2/t12-,24?/m0/s1. The van der Waals surface area contributed by atoms with Crippen LogP contribution >= 0.6 is 0 Å². The average Bonchev–Trinajstić information content (AvgIpc) is 2.96. The molecular formula is C16H16FN3O3S. The first-order valence-electron chi connectivity index (χ1n) is 7.24. The molecular weight excluding hydrogens is 333 g/mol. The zero-order chi connectivity index (χ0) is 17.3. The van der Waals surface area contributed by atoms with Gasteiger partial charge in [-0.2, -0.15) is 0 Å². The summed E-state index contributed by atoms with van der Waals surface area (Å²) in [6, 6.07) is 11.0. The molecule has 1 unspecified atom stereocenters. The molecule has 3 rings (SSSR count). The maximum Gasteiger partial charge on any atom is 0.414 e. The number of hydrogen-bond donors (Lipinski definition) is 2. The Morgan fingerprint density at radius 1 is 1.25 bits per heavy atom. The van der Waals surface area contributed by atoms with Gasteiger partial charge in [0.05, 0.1) is 17.1 Å². The fourth-order valence-electron chi connectivity index (χ4n) is 2.53. The number of ether oxygens (including phenoxy) is 1. The van der Waals surface area contributed by atoms with Gasteiger partial charge in [0.1, 0.15) is 22.9 Å². The van der Waals surface area contributed by atoms with E-state index in [0.717, 1.165) is 0 Å². The lowest BCUT2D eigenvalue weighted by molar-refractivity contribution is 0.145. The van der Waals surface area contributed by atoms with Crippen molar-refractivity contribution in [3.05, 3.63) is 48.3 Å². The van der Waals surface area contributed by atoms with Crippen molar-refractivity contribution in [3.63, 3.8) is 0 Å². The Labute approximate surface area is 140 Å². The number of amides is 1. The Morgan fingerprint density at radius 2 is 1.96 bits per heavy atom. The van der Waals surface area contributed by atoms with Gasteiger partial charge in [0.15, 0.2) is 0 Å². The number of carbonyl (C=O) groups excluding carboxylic acids is 1. The van der Waals surface area contributed by atoms with Gasteiger partial charge in [-0.25, -0.2) is 18.5 Å². The Kier molecular flexibility index (Phi) is 4.61. The first kappa shape index (κ1) is 16.6. The fourth-order valence-corrected chi connectivity index (χ4v) is 2.93. The van der Waals surface area contributed by atoms with Gasteiger partial charge in [-0.1, -0.05) is 12.1 Å². The van der Waals surface area contributed by atoms with Gasteiger partial charge in [-0.05, 0) is 35.9 Å². The van der Waals surface area contributed by atoms with Crippen LogP contribution < -0.4 is 15.8 Å². The number of carbonyl (C=O) groups is 1. The quantitative estimate of drug-likeness (QED) is 0.878. The molecule has 4 N–H and O–H groups in total. The molecule has 2 aromatic carbocycles. The molecule has 2 aromatic rings. The minimum Gasteiger partial charge on any atom is -0.443 e. The highest BCUT2D eigenvalue weighted by Crippen LogP contribution is 2.29. The summed E-state index contributed by atoms with van der Waals surface area (Å²) in [5.74, 6) is -0.474. The van der Waals surface area contributed by atoms with E-state index in [9.17, 15) is 13.4 Å². The van der Waals surface area contributed by atoms with E-state index in [-0.39, 0.29) is 12.6 Å². The molecule has 0 aliphatic carbocycles. The Hall–Kier alpha value is -2.29. The van der Waals surface area contributed by atoms with E-state index in [1.807, 2.05) is 0 Å². The van der Waals surface area contributed by atoms with E-state index >= 15 is 0 Å². The number of nitrogens with two attached hydrogens (primary N) is 2. The zero-order valence-corrected chi connectivity index (χ0v) is 13.5. The third kappa shape index (κ3) is 3.16. The average molecular weight is 349 g/mol. The molecule has 1 fully saturated rings. The number of rotatable bonds is 4. The number of hydrogen-bond acceptors (Lipinski definition) is 4. The van der Waals surface area contributed by atoms with Crippen LogP contribution in [0.5, 0.6) is 0 Å². The van der Waals surface area contributed by atoms with Crippen molar-refractivity contribution in [2.24, 2.45) is 10.9 Å². The largest absolute Gasteiger partial charge is 0.443 e. The number of halogens is 1. The van der Waals surface area contributed by atoms with Crippen LogP contribution in [0.4, 0.5) is 14.9 Å². The molecule has 1 heterocycles. The maximum absolute atomic E-state index is 14.5. The predicted octanol–water partition coefficient (Wildman–Crippen LogP) is 1.76. The minimum atomic E-state index is -1.57. The molecule has 0 saturated carbocycles. The fraction of sp³-hybridized carbons (Fsp3) is 0.188. The van der Waals surface area contributed by atoms with E-state index in [1.54, 1.807) is 36.4 Å². The van der Waals surface area contributed by atoms with E-state index in [1.165, 1.54) is 11.0 Å². The molecule has 1 aliphatic rings. The molecule has 6 nitrogen and oxygen atoms in total. The smallest absolute Gasteiger partial charge is 0.414 e. The first-order chi connectivity index (χ1) is 11.5. The summed E-state index contributed by atoms with van der Waals surface area (Å²) >= 11 is 0. The van der Waals surface area contributed by atoms with Gasteiger partial charge < -0.3 is 10.5 Å². The summed E-state index contributed by atoms with van der Waals surface area (Å²) in [5.41, 5.74) is 6.90.